The second-order valence-corrected chi connectivity index (χ2v) is 16.9. The van der Waals surface area contributed by atoms with E-state index in [2.05, 4.69) is 158 Å². The Morgan fingerprint density at radius 2 is 0.608 bits per heavy atom. The van der Waals surface area contributed by atoms with Crippen molar-refractivity contribution in [2.75, 3.05) is 0 Å². The monoisotopic (exact) mass is 698 g/mol. The lowest BCUT2D eigenvalue weighted by Gasteiger charge is -2.18. The van der Waals surface area contributed by atoms with Crippen LogP contribution in [-0.4, -0.2) is 0 Å². The van der Waals surface area contributed by atoms with Crippen LogP contribution in [0.1, 0.15) is 0 Å². The van der Waals surface area contributed by atoms with Crippen LogP contribution in [0, 0.1) is 0 Å². The lowest BCUT2D eigenvalue weighted by atomic mass is 9.85. The molecule has 12 aromatic rings. The van der Waals surface area contributed by atoms with Crippen molar-refractivity contribution in [3.05, 3.63) is 158 Å². The molecular weight excluding hydrogens is 673 g/mol. The summed E-state index contributed by atoms with van der Waals surface area (Å²) in [7, 11) is 0. The van der Waals surface area contributed by atoms with E-state index in [1.807, 2.05) is 34.0 Å². The molecule has 3 heterocycles. The molecule has 0 spiro atoms. The van der Waals surface area contributed by atoms with Gasteiger partial charge in [-0.1, -0.05) is 103 Å². The Balaban J connectivity index is 1.09. The third-order valence-corrected chi connectivity index (χ3v) is 14.2. The van der Waals surface area contributed by atoms with Gasteiger partial charge in [-0.15, -0.1) is 34.0 Å². The number of rotatable bonds is 2. The quantitative estimate of drug-likeness (QED) is 0.158. The summed E-state index contributed by atoms with van der Waals surface area (Å²) in [6, 6.07) is 59.4. The summed E-state index contributed by atoms with van der Waals surface area (Å²) < 4.78 is 8.06. The molecule has 0 unspecified atom stereocenters. The summed E-state index contributed by atoms with van der Waals surface area (Å²) in [6.45, 7) is 0. The van der Waals surface area contributed by atoms with Crippen molar-refractivity contribution in [1.29, 1.82) is 0 Å². The Labute approximate surface area is 305 Å². The standard InChI is InChI=1S/C48H26S3/c1-3-13-36-34(11-1)47(35-12-2-4-14-37(35)48(36)28-17-19-33-31-9-5-7-15-41(31)49-44(33)24-28)27-18-20-43-39(21-27)40-23-30-25-45-38(22-29(30)26-46(40)51-43)32-10-6-8-16-42(32)50-45/h1-26H. The second kappa shape index (κ2) is 10.5. The van der Waals surface area contributed by atoms with Gasteiger partial charge in [-0.05, 0) is 109 Å². The highest BCUT2D eigenvalue weighted by Crippen LogP contribution is 2.47. The highest BCUT2D eigenvalue weighted by molar-refractivity contribution is 7.26. The number of fused-ring (bicyclic) bond motifs is 12. The molecule has 0 bridgehead atoms. The Morgan fingerprint density at radius 3 is 1.18 bits per heavy atom. The summed E-state index contributed by atoms with van der Waals surface area (Å²) in [6.07, 6.45) is 0. The highest BCUT2D eigenvalue weighted by Gasteiger charge is 2.19. The molecule has 0 atom stereocenters. The smallest absolute Gasteiger partial charge is 0.0361 e. The molecular formula is C48H26S3. The molecule has 0 saturated heterocycles. The molecule has 0 nitrogen and oxygen atoms in total. The minimum absolute atomic E-state index is 1.26. The van der Waals surface area contributed by atoms with Crippen molar-refractivity contribution in [2.24, 2.45) is 0 Å². The van der Waals surface area contributed by atoms with Gasteiger partial charge in [0.05, 0.1) is 0 Å². The van der Waals surface area contributed by atoms with Crippen LogP contribution in [0.5, 0.6) is 0 Å². The van der Waals surface area contributed by atoms with Crippen molar-refractivity contribution in [2.45, 2.75) is 0 Å². The number of benzene rings is 9. The zero-order valence-electron chi connectivity index (χ0n) is 27.2. The highest BCUT2D eigenvalue weighted by atomic mass is 32.1. The molecule has 12 rings (SSSR count). The van der Waals surface area contributed by atoms with Gasteiger partial charge in [-0.25, -0.2) is 0 Å². The van der Waals surface area contributed by atoms with Gasteiger partial charge in [0.15, 0.2) is 0 Å². The number of hydrogen-bond acceptors (Lipinski definition) is 3. The molecule has 51 heavy (non-hydrogen) atoms. The molecule has 3 heteroatoms. The van der Waals surface area contributed by atoms with Crippen LogP contribution >= 0.6 is 34.0 Å². The van der Waals surface area contributed by atoms with Crippen LogP contribution in [0.25, 0.3) is 115 Å². The number of hydrogen-bond donors (Lipinski definition) is 0. The predicted molar refractivity (Wildman–Crippen MR) is 228 cm³/mol. The van der Waals surface area contributed by atoms with E-state index in [-0.39, 0.29) is 0 Å². The molecule has 0 aliphatic carbocycles. The van der Waals surface area contributed by atoms with E-state index >= 15 is 0 Å². The van der Waals surface area contributed by atoms with Crippen LogP contribution in [0.2, 0.25) is 0 Å². The van der Waals surface area contributed by atoms with Crippen LogP contribution in [0.3, 0.4) is 0 Å². The van der Waals surface area contributed by atoms with Crippen molar-refractivity contribution in [3.8, 4) is 22.3 Å². The third kappa shape index (κ3) is 4.05. The van der Waals surface area contributed by atoms with Gasteiger partial charge in [-0.3, -0.25) is 0 Å². The topological polar surface area (TPSA) is 0 Å². The lowest BCUT2D eigenvalue weighted by molar-refractivity contribution is 1.70. The van der Waals surface area contributed by atoms with E-state index in [1.54, 1.807) is 0 Å². The van der Waals surface area contributed by atoms with Gasteiger partial charge in [0.25, 0.3) is 0 Å². The van der Waals surface area contributed by atoms with Crippen molar-refractivity contribution >= 4 is 127 Å². The SMILES string of the molecule is c1ccc2c(c1)sc1cc(-c3c4ccccc4c(-c4ccc5sc6cc7cc8c(cc7cc6c5c4)sc4ccccc48)c4ccccc34)ccc12. The molecule has 0 aliphatic rings. The fraction of sp³-hybridized carbons (Fsp3) is 0. The van der Waals surface area contributed by atoms with Crippen molar-refractivity contribution in [1.82, 2.24) is 0 Å². The molecule has 236 valence electrons. The van der Waals surface area contributed by atoms with Gasteiger partial charge < -0.3 is 0 Å². The van der Waals surface area contributed by atoms with E-state index in [9.17, 15) is 0 Å². The van der Waals surface area contributed by atoms with Crippen LogP contribution in [-0.2, 0) is 0 Å². The minimum atomic E-state index is 1.26. The fourth-order valence-corrected chi connectivity index (χ4v) is 11.9. The van der Waals surface area contributed by atoms with Gasteiger partial charge in [-0.2, -0.15) is 0 Å². The molecule has 0 fully saturated rings. The fourth-order valence-electron chi connectivity index (χ4n) is 8.53. The first-order chi connectivity index (χ1) is 25.2. The normalized spacial score (nSPS) is 12.3. The Morgan fingerprint density at radius 1 is 0.235 bits per heavy atom. The van der Waals surface area contributed by atoms with Crippen LogP contribution in [0.4, 0.5) is 0 Å². The Bertz CT molecular complexity index is 3370. The zero-order valence-corrected chi connectivity index (χ0v) is 29.7. The first-order valence-corrected chi connectivity index (χ1v) is 19.8. The van der Waals surface area contributed by atoms with E-state index in [0.717, 1.165) is 0 Å². The van der Waals surface area contributed by atoms with E-state index in [4.69, 9.17) is 0 Å². The molecule has 0 amide bonds. The van der Waals surface area contributed by atoms with E-state index in [1.165, 1.54) is 115 Å². The Kier molecular flexibility index (Phi) is 5.78. The molecule has 0 saturated carbocycles. The summed E-state index contributed by atoms with van der Waals surface area (Å²) in [5, 5.41) is 15.8. The second-order valence-electron chi connectivity index (χ2n) is 13.6. The van der Waals surface area contributed by atoms with Crippen LogP contribution < -0.4 is 0 Å². The summed E-state index contributed by atoms with van der Waals surface area (Å²) in [5.41, 5.74) is 5.15. The molecule has 0 N–H and O–H groups in total. The molecule has 0 radical (unpaired) electrons. The maximum atomic E-state index is 2.45. The largest absolute Gasteiger partial charge is 0.135 e. The maximum absolute atomic E-state index is 2.45. The predicted octanol–water partition coefficient (Wildman–Crippen LogP) is 15.6. The van der Waals surface area contributed by atoms with Crippen molar-refractivity contribution < 1.29 is 0 Å². The first kappa shape index (κ1) is 28.2. The number of thiophene rings is 3. The van der Waals surface area contributed by atoms with Gasteiger partial charge in [0.2, 0.25) is 0 Å². The van der Waals surface area contributed by atoms with Gasteiger partial charge >= 0.3 is 0 Å². The van der Waals surface area contributed by atoms with E-state index in [0.29, 0.717) is 0 Å². The molecule has 0 aliphatic heterocycles. The average Bonchev–Trinajstić information content (AvgIpc) is 3.85. The third-order valence-electron chi connectivity index (χ3n) is 10.8. The summed E-state index contributed by atoms with van der Waals surface area (Å²) in [4.78, 5) is 0. The van der Waals surface area contributed by atoms with Gasteiger partial charge in [0.1, 0.15) is 0 Å². The molecule has 9 aromatic carbocycles. The summed E-state index contributed by atoms with van der Waals surface area (Å²) in [5.74, 6) is 0. The summed E-state index contributed by atoms with van der Waals surface area (Å²) >= 11 is 5.68. The Hall–Kier alpha value is -5.58. The molecule has 3 aromatic heterocycles. The average molecular weight is 699 g/mol. The van der Waals surface area contributed by atoms with E-state index < -0.39 is 0 Å². The lowest BCUT2D eigenvalue weighted by Crippen LogP contribution is -1.90. The van der Waals surface area contributed by atoms with Crippen molar-refractivity contribution in [3.63, 3.8) is 0 Å². The van der Waals surface area contributed by atoms with Gasteiger partial charge in [0, 0.05) is 60.5 Å². The maximum Gasteiger partial charge on any atom is 0.0361 e. The first-order valence-electron chi connectivity index (χ1n) is 17.3. The van der Waals surface area contributed by atoms with Crippen LogP contribution in [0.15, 0.2) is 158 Å². The zero-order chi connectivity index (χ0) is 33.2. The minimum Gasteiger partial charge on any atom is -0.135 e.